The maximum Gasteiger partial charge on any atom is 0.0701 e. The van der Waals surface area contributed by atoms with Crippen LogP contribution in [0.25, 0.3) is 55.4 Å². The van der Waals surface area contributed by atoms with Crippen LogP contribution in [-0.4, -0.2) is 4.98 Å². The van der Waals surface area contributed by atoms with Crippen LogP contribution in [-0.2, 0) is 6.42 Å². The van der Waals surface area contributed by atoms with Crippen LogP contribution in [0.4, 0.5) is 0 Å². The highest BCUT2D eigenvalue weighted by Gasteiger charge is 2.21. The molecule has 0 unspecified atom stereocenters. The van der Waals surface area contributed by atoms with Gasteiger partial charge in [0.05, 0.1) is 5.69 Å². The van der Waals surface area contributed by atoms with Gasteiger partial charge in [0.1, 0.15) is 0 Å². The van der Waals surface area contributed by atoms with E-state index < -0.39 is 0 Å². The van der Waals surface area contributed by atoms with Gasteiger partial charge in [-0.1, -0.05) is 97.1 Å². The Bertz CT molecular complexity index is 1680. The molecule has 5 aromatic carbocycles. The number of nitrogens with zero attached hydrogens (tertiary/aromatic N) is 1. The van der Waals surface area contributed by atoms with Crippen LogP contribution in [0.3, 0.4) is 0 Å². The third kappa shape index (κ3) is 3.36. The number of aromatic nitrogens is 1. The Hall–Kier alpha value is -4.49. The average Bonchev–Trinajstić information content (AvgIpc) is 3.30. The van der Waals surface area contributed by atoms with Crippen LogP contribution in [0.2, 0.25) is 0 Å². The largest absolute Gasteiger partial charge is 0.256 e. The van der Waals surface area contributed by atoms with Gasteiger partial charge in [-0.25, -0.2) is 0 Å². The van der Waals surface area contributed by atoms with Crippen molar-refractivity contribution in [1.82, 2.24) is 4.98 Å². The monoisotopic (exact) mass is 445 g/mol. The summed E-state index contributed by atoms with van der Waals surface area (Å²) in [5.74, 6) is 0. The van der Waals surface area contributed by atoms with Crippen molar-refractivity contribution in [3.63, 3.8) is 0 Å². The Kier molecular flexibility index (Phi) is 4.60. The zero-order valence-electron chi connectivity index (χ0n) is 19.3. The third-order valence-electron chi connectivity index (χ3n) is 7.17. The molecule has 0 N–H and O–H groups in total. The Balaban J connectivity index is 1.44. The van der Waals surface area contributed by atoms with Crippen LogP contribution in [0.5, 0.6) is 0 Å². The highest BCUT2D eigenvalue weighted by Crippen LogP contribution is 2.43. The van der Waals surface area contributed by atoms with Crippen molar-refractivity contribution in [3.8, 4) is 44.6 Å². The molecule has 0 bridgehead atoms. The summed E-state index contributed by atoms with van der Waals surface area (Å²) in [6.07, 6.45) is 2.84. The molecule has 1 nitrogen and oxygen atoms in total. The van der Waals surface area contributed by atoms with Gasteiger partial charge in [-0.3, -0.25) is 4.98 Å². The number of benzene rings is 5. The van der Waals surface area contributed by atoms with Gasteiger partial charge in [0, 0.05) is 11.8 Å². The van der Waals surface area contributed by atoms with E-state index >= 15 is 0 Å². The fourth-order valence-corrected chi connectivity index (χ4v) is 5.45. The van der Waals surface area contributed by atoms with E-state index in [4.69, 9.17) is 0 Å². The molecule has 0 amide bonds. The van der Waals surface area contributed by atoms with Gasteiger partial charge in [-0.2, -0.15) is 0 Å². The molecule has 164 valence electrons. The summed E-state index contributed by atoms with van der Waals surface area (Å²) in [5.41, 5.74) is 12.7. The second-order valence-electron chi connectivity index (χ2n) is 9.21. The predicted molar refractivity (Wildman–Crippen MR) is 146 cm³/mol. The Morgan fingerprint density at radius 2 is 1.09 bits per heavy atom. The first kappa shape index (κ1) is 19.9. The summed E-state index contributed by atoms with van der Waals surface area (Å²) in [6, 6.07) is 43.8. The maximum absolute atomic E-state index is 4.51. The van der Waals surface area contributed by atoms with E-state index in [0.717, 1.165) is 17.7 Å². The van der Waals surface area contributed by atoms with Crippen molar-refractivity contribution in [2.24, 2.45) is 0 Å². The summed E-state index contributed by atoms with van der Waals surface area (Å²) in [5, 5.41) is 2.61. The Morgan fingerprint density at radius 1 is 0.429 bits per heavy atom. The van der Waals surface area contributed by atoms with Crippen LogP contribution >= 0.6 is 0 Å². The molecule has 0 radical (unpaired) electrons. The van der Waals surface area contributed by atoms with E-state index in [0.29, 0.717) is 0 Å². The molecule has 0 spiro atoms. The van der Waals surface area contributed by atoms with Gasteiger partial charge in [-0.15, -0.1) is 0 Å². The van der Waals surface area contributed by atoms with Gasteiger partial charge >= 0.3 is 0 Å². The second-order valence-corrected chi connectivity index (χ2v) is 9.21. The molecular formula is C34H23N. The fraction of sp³-hybridized carbons (Fsp3) is 0.0294. The lowest BCUT2D eigenvalue weighted by molar-refractivity contribution is 1.27. The SMILES string of the molecule is c1ccc(-c2ccc(-c3ccc(-c4ccccn4)cc3)c3cc4c(cc23)Cc2ccccc2-4)cc1. The first-order valence-corrected chi connectivity index (χ1v) is 12.1. The van der Waals surface area contributed by atoms with E-state index in [9.17, 15) is 0 Å². The Morgan fingerprint density at radius 3 is 1.86 bits per heavy atom. The van der Waals surface area contributed by atoms with E-state index in [-0.39, 0.29) is 0 Å². The van der Waals surface area contributed by atoms with Crippen LogP contribution in [0, 0.1) is 0 Å². The summed E-state index contributed by atoms with van der Waals surface area (Å²) in [7, 11) is 0. The molecule has 0 aliphatic heterocycles. The van der Waals surface area contributed by atoms with Gasteiger partial charge < -0.3 is 0 Å². The average molecular weight is 446 g/mol. The number of hydrogen-bond acceptors (Lipinski definition) is 1. The van der Waals surface area contributed by atoms with Crippen molar-refractivity contribution in [2.45, 2.75) is 6.42 Å². The second kappa shape index (κ2) is 8.07. The van der Waals surface area contributed by atoms with Crippen molar-refractivity contribution in [2.75, 3.05) is 0 Å². The van der Waals surface area contributed by atoms with Gasteiger partial charge in [0.2, 0.25) is 0 Å². The molecule has 7 rings (SSSR count). The highest BCUT2D eigenvalue weighted by molar-refractivity contribution is 6.07. The zero-order valence-corrected chi connectivity index (χ0v) is 19.3. The summed E-state index contributed by atoms with van der Waals surface area (Å²) in [6.45, 7) is 0. The summed E-state index contributed by atoms with van der Waals surface area (Å²) < 4.78 is 0. The van der Waals surface area contributed by atoms with Crippen molar-refractivity contribution in [3.05, 3.63) is 139 Å². The van der Waals surface area contributed by atoms with Crippen molar-refractivity contribution < 1.29 is 0 Å². The fourth-order valence-electron chi connectivity index (χ4n) is 5.45. The third-order valence-corrected chi connectivity index (χ3v) is 7.17. The predicted octanol–water partition coefficient (Wildman–Crippen LogP) is 8.81. The Labute approximate surface area is 205 Å². The molecule has 1 aliphatic rings. The van der Waals surface area contributed by atoms with E-state index in [2.05, 4.69) is 114 Å². The molecule has 0 saturated carbocycles. The maximum atomic E-state index is 4.51. The molecule has 1 aromatic heterocycles. The minimum Gasteiger partial charge on any atom is -0.256 e. The van der Waals surface area contributed by atoms with Gasteiger partial charge in [-0.05, 0) is 86.0 Å². The smallest absolute Gasteiger partial charge is 0.0701 e. The number of fused-ring (bicyclic) bond motifs is 4. The van der Waals surface area contributed by atoms with E-state index in [1.54, 1.807) is 0 Å². The zero-order chi connectivity index (χ0) is 23.2. The molecule has 35 heavy (non-hydrogen) atoms. The molecule has 1 aliphatic carbocycles. The normalized spacial score (nSPS) is 11.9. The van der Waals surface area contributed by atoms with E-state index in [1.165, 1.54) is 55.3 Å². The lowest BCUT2D eigenvalue weighted by Gasteiger charge is -2.15. The first-order chi connectivity index (χ1) is 17.3. The first-order valence-electron chi connectivity index (χ1n) is 12.1. The lowest BCUT2D eigenvalue weighted by Crippen LogP contribution is -1.90. The lowest BCUT2D eigenvalue weighted by atomic mass is 9.89. The molecule has 0 saturated heterocycles. The quantitative estimate of drug-likeness (QED) is 0.265. The van der Waals surface area contributed by atoms with Crippen LogP contribution < -0.4 is 0 Å². The standard InChI is InChI=1S/C34H23N/c1-2-8-23(9-3-1)29-17-18-30(24-13-15-25(16-14-24)34-12-6-7-19-35-34)33-22-31-27(21-32(29)33)20-26-10-4-5-11-28(26)31/h1-19,21-22H,20H2. The topological polar surface area (TPSA) is 12.9 Å². The molecule has 6 aromatic rings. The minimum absolute atomic E-state index is 0.998. The van der Waals surface area contributed by atoms with Crippen LogP contribution in [0.15, 0.2) is 128 Å². The number of pyridine rings is 1. The highest BCUT2D eigenvalue weighted by atomic mass is 14.7. The molecule has 0 fully saturated rings. The number of rotatable bonds is 3. The van der Waals surface area contributed by atoms with Gasteiger partial charge in [0.25, 0.3) is 0 Å². The van der Waals surface area contributed by atoms with Crippen LogP contribution in [0.1, 0.15) is 11.1 Å². The minimum atomic E-state index is 0.998. The molecular weight excluding hydrogens is 422 g/mol. The van der Waals surface area contributed by atoms with Crippen molar-refractivity contribution >= 4 is 10.8 Å². The van der Waals surface area contributed by atoms with Crippen molar-refractivity contribution in [1.29, 1.82) is 0 Å². The molecule has 1 heterocycles. The summed E-state index contributed by atoms with van der Waals surface area (Å²) >= 11 is 0. The molecule has 1 heteroatoms. The number of hydrogen-bond donors (Lipinski definition) is 0. The van der Waals surface area contributed by atoms with Gasteiger partial charge in [0.15, 0.2) is 0 Å². The van der Waals surface area contributed by atoms with E-state index in [1.807, 2.05) is 18.3 Å². The summed E-state index contributed by atoms with van der Waals surface area (Å²) in [4.78, 5) is 4.51. The molecule has 0 atom stereocenters.